The van der Waals surface area contributed by atoms with Crippen LogP contribution in [0, 0.1) is 11.3 Å². The number of ether oxygens (including phenoxy) is 2. The van der Waals surface area contributed by atoms with Crippen molar-refractivity contribution in [3.8, 4) is 6.07 Å². The molecular formula is C21H19N3O3. The molecule has 6 heteroatoms. The second kappa shape index (κ2) is 7.60. The van der Waals surface area contributed by atoms with Gasteiger partial charge in [-0.2, -0.15) is 5.26 Å². The van der Waals surface area contributed by atoms with Crippen LogP contribution < -0.4 is 0 Å². The molecule has 1 amide bonds. The number of amides is 1. The Hall–Kier alpha value is -3.17. The molecule has 3 heterocycles. The van der Waals surface area contributed by atoms with Crippen LogP contribution in [-0.4, -0.2) is 41.3 Å². The lowest BCUT2D eigenvalue weighted by atomic mass is 9.91. The van der Waals surface area contributed by atoms with E-state index in [-0.39, 0.29) is 24.8 Å². The predicted molar refractivity (Wildman–Crippen MR) is 98.4 cm³/mol. The van der Waals surface area contributed by atoms with Gasteiger partial charge in [0.2, 0.25) is 0 Å². The summed E-state index contributed by atoms with van der Waals surface area (Å²) >= 11 is 0. The molecule has 6 nitrogen and oxygen atoms in total. The van der Waals surface area contributed by atoms with Crippen molar-refractivity contribution in [2.45, 2.75) is 25.1 Å². The van der Waals surface area contributed by atoms with Crippen molar-refractivity contribution in [1.29, 1.82) is 5.26 Å². The first-order chi connectivity index (χ1) is 13.2. The molecule has 0 N–H and O–H groups in total. The molecule has 2 atom stereocenters. The molecule has 2 aliphatic rings. The van der Waals surface area contributed by atoms with Gasteiger partial charge in [0.25, 0.3) is 0 Å². The van der Waals surface area contributed by atoms with Crippen molar-refractivity contribution in [2.24, 2.45) is 0 Å². The molecule has 0 aliphatic carbocycles. The molecule has 0 saturated carbocycles. The molecule has 0 radical (unpaired) electrons. The number of carbonyl (C=O) groups is 1. The van der Waals surface area contributed by atoms with E-state index in [1.807, 2.05) is 48.5 Å². The van der Waals surface area contributed by atoms with E-state index >= 15 is 0 Å². The zero-order valence-electron chi connectivity index (χ0n) is 14.7. The molecule has 1 aromatic heterocycles. The summed E-state index contributed by atoms with van der Waals surface area (Å²) in [5.41, 5.74) is 3.45. The maximum Gasteiger partial charge on any atom is 0.411 e. The van der Waals surface area contributed by atoms with Crippen molar-refractivity contribution in [3.05, 3.63) is 71.6 Å². The van der Waals surface area contributed by atoms with Gasteiger partial charge in [-0.15, -0.1) is 0 Å². The summed E-state index contributed by atoms with van der Waals surface area (Å²) in [6.45, 7) is 1.19. The van der Waals surface area contributed by atoms with Gasteiger partial charge >= 0.3 is 6.09 Å². The first-order valence-electron chi connectivity index (χ1n) is 8.88. The van der Waals surface area contributed by atoms with Crippen LogP contribution in [-0.2, 0) is 16.1 Å². The first kappa shape index (κ1) is 17.3. The summed E-state index contributed by atoms with van der Waals surface area (Å²) in [6, 6.07) is 15.1. The summed E-state index contributed by atoms with van der Waals surface area (Å²) in [4.78, 5) is 18.6. The van der Waals surface area contributed by atoms with E-state index in [1.165, 1.54) is 0 Å². The minimum absolute atomic E-state index is 0.0670. The highest BCUT2D eigenvalue weighted by Gasteiger charge is 2.39. The number of pyridine rings is 1. The van der Waals surface area contributed by atoms with E-state index in [0.29, 0.717) is 25.3 Å². The minimum atomic E-state index is -0.314. The average molecular weight is 361 g/mol. The van der Waals surface area contributed by atoms with Crippen LogP contribution in [0.15, 0.2) is 54.7 Å². The zero-order valence-corrected chi connectivity index (χ0v) is 14.7. The lowest BCUT2D eigenvalue weighted by Gasteiger charge is -2.43. The van der Waals surface area contributed by atoms with E-state index < -0.39 is 0 Å². The number of fused-ring (bicyclic) bond motifs is 2. The monoisotopic (exact) mass is 361 g/mol. The van der Waals surface area contributed by atoms with Crippen LogP contribution in [0.3, 0.4) is 0 Å². The molecule has 0 spiro atoms. The lowest BCUT2D eigenvalue weighted by Crippen LogP contribution is -2.56. The molecule has 1 aromatic carbocycles. The Morgan fingerprint density at radius 1 is 1.26 bits per heavy atom. The third kappa shape index (κ3) is 3.69. The summed E-state index contributed by atoms with van der Waals surface area (Å²) in [5, 5.41) is 8.90. The summed E-state index contributed by atoms with van der Waals surface area (Å²) in [6.07, 6.45) is 4.11. The van der Waals surface area contributed by atoms with E-state index in [0.717, 1.165) is 16.7 Å². The number of hydrogen-bond acceptors (Lipinski definition) is 5. The number of rotatable bonds is 3. The molecule has 2 bridgehead atoms. The Kier molecular flexibility index (Phi) is 4.86. The molecule has 4 rings (SSSR count). The fourth-order valence-electron chi connectivity index (χ4n) is 3.54. The van der Waals surface area contributed by atoms with Crippen molar-refractivity contribution >= 4 is 11.7 Å². The lowest BCUT2D eigenvalue weighted by molar-refractivity contribution is -0.0342. The van der Waals surface area contributed by atoms with Gasteiger partial charge in [-0.05, 0) is 29.2 Å². The van der Waals surface area contributed by atoms with Gasteiger partial charge in [0.15, 0.2) is 0 Å². The zero-order chi connectivity index (χ0) is 18.6. The van der Waals surface area contributed by atoms with Gasteiger partial charge in [0, 0.05) is 6.20 Å². The average Bonchev–Trinajstić information content (AvgIpc) is 2.72. The Bertz CT molecular complexity index is 887. The van der Waals surface area contributed by atoms with Gasteiger partial charge in [-0.3, -0.25) is 4.90 Å². The highest BCUT2D eigenvalue weighted by Crippen LogP contribution is 2.32. The largest absolute Gasteiger partial charge is 0.445 e. The van der Waals surface area contributed by atoms with E-state index in [1.54, 1.807) is 17.2 Å². The smallest absolute Gasteiger partial charge is 0.411 e. The second-order valence-corrected chi connectivity index (χ2v) is 6.65. The SMILES string of the molecule is N#Cc1ccc(C2=CC3COCC(C2)N3C(=O)OCc2ccccc2)cn1. The molecule has 1 fully saturated rings. The fourth-order valence-corrected chi connectivity index (χ4v) is 3.54. The number of morpholine rings is 1. The molecule has 136 valence electrons. The standard InChI is InChI=1S/C21H19N3O3/c22-10-18-7-6-16(11-23-18)17-8-19-13-26-14-20(9-17)24(19)21(25)27-12-15-4-2-1-3-5-15/h1-8,11,19-20H,9,12-14H2. The molecule has 1 saturated heterocycles. The summed E-state index contributed by atoms with van der Waals surface area (Å²) < 4.78 is 11.2. The van der Waals surface area contributed by atoms with Crippen LogP contribution in [0.25, 0.3) is 5.57 Å². The fraction of sp³-hybridized carbons (Fsp3) is 0.286. The molecule has 2 unspecified atom stereocenters. The maximum absolute atomic E-state index is 12.7. The van der Waals surface area contributed by atoms with Crippen molar-refractivity contribution in [3.63, 3.8) is 0 Å². The third-order valence-electron chi connectivity index (χ3n) is 4.86. The van der Waals surface area contributed by atoms with Gasteiger partial charge in [-0.1, -0.05) is 42.5 Å². The number of hydrogen-bond donors (Lipinski definition) is 0. The van der Waals surface area contributed by atoms with Gasteiger partial charge < -0.3 is 9.47 Å². The minimum Gasteiger partial charge on any atom is -0.445 e. The first-order valence-corrected chi connectivity index (χ1v) is 8.88. The second-order valence-electron chi connectivity index (χ2n) is 6.65. The van der Waals surface area contributed by atoms with Crippen molar-refractivity contribution < 1.29 is 14.3 Å². The number of nitriles is 1. The number of nitrogens with zero attached hydrogens (tertiary/aromatic N) is 3. The van der Waals surface area contributed by atoms with Crippen LogP contribution in [0.4, 0.5) is 4.79 Å². The van der Waals surface area contributed by atoms with Gasteiger partial charge in [0.05, 0.1) is 25.3 Å². The topological polar surface area (TPSA) is 75.5 Å². The third-order valence-corrected chi connectivity index (χ3v) is 4.86. The molecule has 2 aliphatic heterocycles. The van der Waals surface area contributed by atoms with E-state index in [2.05, 4.69) is 4.98 Å². The Balaban J connectivity index is 1.49. The van der Waals surface area contributed by atoms with Gasteiger partial charge in [0.1, 0.15) is 18.4 Å². The van der Waals surface area contributed by atoms with Crippen LogP contribution in [0.5, 0.6) is 0 Å². The van der Waals surface area contributed by atoms with Crippen LogP contribution in [0.2, 0.25) is 0 Å². The predicted octanol–water partition coefficient (Wildman–Crippen LogP) is 3.15. The van der Waals surface area contributed by atoms with Crippen LogP contribution in [0.1, 0.15) is 23.2 Å². The number of benzene rings is 1. The quantitative estimate of drug-likeness (QED) is 0.839. The highest BCUT2D eigenvalue weighted by molar-refractivity contribution is 5.74. The number of carbonyl (C=O) groups excluding carboxylic acids is 1. The molecular weight excluding hydrogens is 342 g/mol. The van der Waals surface area contributed by atoms with Crippen molar-refractivity contribution in [1.82, 2.24) is 9.88 Å². The maximum atomic E-state index is 12.7. The van der Waals surface area contributed by atoms with Gasteiger partial charge in [-0.25, -0.2) is 9.78 Å². The highest BCUT2D eigenvalue weighted by atomic mass is 16.6. The normalized spacial score (nSPS) is 21.1. The van der Waals surface area contributed by atoms with Crippen LogP contribution >= 0.6 is 0 Å². The number of aromatic nitrogens is 1. The van der Waals surface area contributed by atoms with E-state index in [4.69, 9.17) is 14.7 Å². The van der Waals surface area contributed by atoms with E-state index in [9.17, 15) is 4.79 Å². The summed E-state index contributed by atoms with van der Waals surface area (Å²) in [7, 11) is 0. The Morgan fingerprint density at radius 3 is 2.81 bits per heavy atom. The Labute approximate surface area is 157 Å². The molecule has 2 aromatic rings. The Morgan fingerprint density at radius 2 is 2.11 bits per heavy atom. The molecule has 27 heavy (non-hydrogen) atoms. The van der Waals surface area contributed by atoms with Crippen molar-refractivity contribution in [2.75, 3.05) is 13.2 Å². The summed E-state index contributed by atoms with van der Waals surface area (Å²) in [5.74, 6) is 0.